The van der Waals surface area contributed by atoms with Crippen LogP contribution in [0.1, 0.15) is 22.0 Å². The lowest BCUT2D eigenvalue weighted by Crippen LogP contribution is -2.42. The average molecular weight is 513 g/mol. The Bertz CT molecular complexity index is 1140. The number of nitrogens with zero attached hydrogens (tertiary/aromatic N) is 1. The van der Waals surface area contributed by atoms with Gasteiger partial charge in [0.25, 0.3) is 5.91 Å². The van der Waals surface area contributed by atoms with Crippen LogP contribution in [0.3, 0.4) is 0 Å². The van der Waals surface area contributed by atoms with Crippen molar-refractivity contribution in [3.05, 3.63) is 72.9 Å². The molecule has 1 unspecified atom stereocenters. The summed E-state index contributed by atoms with van der Waals surface area (Å²) < 4.78 is 16.7. The van der Waals surface area contributed by atoms with E-state index < -0.39 is 0 Å². The predicted molar refractivity (Wildman–Crippen MR) is 128 cm³/mol. The molecule has 168 valence electrons. The lowest BCUT2D eigenvalue weighted by atomic mass is 9.90. The molecule has 2 aromatic carbocycles. The van der Waals surface area contributed by atoms with Crippen molar-refractivity contribution in [3.63, 3.8) is 0 Å². The molecule has 32 heavy (non-hydrogen) atoms. The first-order chi connectivity index (χ1) is 15.4. The van der Waals surface area contributed by atoms with Gasteiger partial charge in [-0.05, 0) is 47.2 Å². The van der Waals surface area contributed by atoms with Crippen molar-refractivity contribution >= 4 is 52.0 Å². The molecule has 5 nitrogen and oxygen atoms in total. The molecule has 3 aromatic rings. The van der Waals surface area contributed by atoms with Gasteiger partial charge in [0.05, 0.1) is 35.3 Å². The second-order valence-electron chi connectivity index (χ2n) is 7.15. The standard InChI is InChI=1S/C23H20Cl3NO4S/c1-29-19-8-13-5-6-27(22(28)12-31-18-11-16(25)15(24)10-17(18)26)23(21-4-3-7-32-21)14(13)9-20(19)30-2/h3-4,7-11,23H,5-6,12H2,1-2H3. The van der Waals surface area contributed by atoms with Crippen LogP contribution in [0.25, 0.3) is 0 Å². The maximum atomic E-state index is 13.3. The van der Waals surface area contributed by atoms with Gasteiger partial charge in [-0.3, -0.25) is 4.79 Å². The highest BCUT2D eigenvalue weighted by Gasteiger charge is 2.34. The van der Waals surface area contributed by atoms with Crippen LogP contribution in [-0.4, -0.2) is 38.2 Å². The van der Waals surface area contributed by atoms with E-state index in [1.807, 2.05) is 34.5 Å². The van der Waals surface area contributed by atoms with Crippen LogP contribution in [0.5, 0.6) is 17.2 Å². The molecule has 4 rings (SSSR count). The van der Waals surface area contributed by atoms with Gasteiger partial charge in [-0.1, -0.05) is 40.9 Å². The summed E-state index contributed by atoms with van der Waals surface area (Å²) in [5.74, 6) is 1.45. The maximum Gasteiger partial charge on any atom is 0.261 e. The van der Waals surface area contributed by atoms with Crippen molar-refractivity contribution in [1.29, 1.82) is 0 Å². The minimum absolute atomic E-state index is 0.161. The Balaban J connectivity index is 1.64. The normalized spacial score (nSPS) is 15.3. The van der Waals surface area contributed by atoms with E-state index in [9.17, 15) is 4.79 Å². The van der Waals surface area contributed by atoms with Crippen LogP contribution in [0.2, 0.25) is 15.1 Å². The van der Waals surface area contributed by atoms with Crippen LogP contribution < -0.4 is 14.2 Å². The molecule has 0 saturated heterocycles. The zero-order chi connectivity index (χ0) is 22.8. The third-order valence-corrected chi connectivity index (χ3v) is 7.27. The van der Waals surface area contributed by atoms with Crippen molar-refractivity contribution in [3.8, 4) is 17.2 Å². The van der Waals surface area contributed by atoms with E-state index in [2.05, 4.69) is 0 Å². The number of hydrogen-bond donors (Lipinski definition) is 0. The summed E-state index contributed by atoms with van der Waals surface area (Å²) in [6, 6.07) is 10.7. The first-order valence-corrected chi connectivity index (χ1v) is 11.8. The second-order valence-corrected chi connectivity index (χ2v) is 9.35. The molecule has 0 fully saturated rings. The summed E-state index contributed by atoms with van der Waals surface area (Å²) in [5.41, 5.74) is 2.14. The van der Waals surface area contributed by atoms with E-state index in [0.717, 1.165) is 16.0 Å². The number of benzene rings is 2. The van der Waals surface area contributed by atoms with Crippen molar-refractivity contribution in [1.82, 2.24) is 4.90 Å². The summed E-state index contributed by atoms with van der Waals surface area (Å²) in [6.07, 6.45) is 0.691. The number of carbonyl (C=O) groups excluding carboxylic acids is 1. The maximum absolute atomic E-state index is 13.3. The van der Waals surface area contributed by atoms with Gasteiger partial charge in [0.1, 0.15) is 5.75 Å². The quantitative estimate of drug-likeness (QED) is 0.365. The van der Waals surface area contributed by atoms with E-state index in [4.69, 9.17) is 49.0 Å². The van der Waals surface area contributed by atoms with Crippen LogP contribution in [0.4, 0.5) is 0 Å². The Morgan fingerprint density at radius 1 is 1.03 bits per heavy atom. The molecule has 1 aliphatic heterocycles. The Hall–Kier alpha value is -2.12. The minimum Gasteiger partial charge on any atom is -0.493 e. The first-order valence-electron chi connectivity index (χ1n) is 9.78. The summed E-state index contributed by atoms with van der Waals surface area (Å²) in [5, 5.41) is 2.93. The van der Waals surface area contributed by atoms with Crippen molar-refractivity contribution in [2.75, 3.05) is 27.4 Å². The lowest BCUT2D eigenvalue weighted by Gasteiger charge is -2.37. The topological polar surface area (TPSA) is 48.0 Å². The fraction of sp³-hybridized carbons (Fsp3) is 0.261. The van der Waals surface area contributed by atoms with Crippen molar-refractivity contribution in [2.24, 2.45) is 0 Å². The van der Waals surface area contributed by atoms with Crippen LogP contribution in [0.15, 0.2) is 41.8 Å². The molecule has 0 bridgehead atoms. The fourth-order valence-electron chi connectivity index (χ4n) is 3.81. The Morgan fingerprint density at radius 2 is 1.75 bits per heavy atom. The molecular weight excluding hydrogens is 493 g/mol. The lowest BCUT2D eigenvalue weighted by molar-refractivity contribution is -0.135. The van der Waals surface area contributed by atoms with Gasteiger partial charge in [-0.25, -0.2) is 0 Å². The van der Waals surface area contributed by atoms with E-state index in [-0.39, 0.29) is 18.6 Å². The zero-order valence-corrected chi connectivity index (χ0v) is 20.4. The number of fused-ring (bicyclic) bond motifs is 1. The van der Waals surface area contributed by atoms with Crippen LogP contribution >= 0.6 is 46.1 Å². The smallest absolute Gasteiger partial charge is 0.261 e. The number of carbonyl (C=O) groups is 1. The summed E-state index contributed by atoms with van der Waals surface area (Å²) in [6.45, 7) is 0.366. The van der Waals surface area contributed by atoms with Gasteiger partial charge in [-0.15, -0.1) is 11.3 Å². The third kappa shape index (κ3) is 4.50. The number of hydrogen-bond acceptors (Lipinski definition) is 5. The largest absolute Gasteiger partial charge is 0.493 e. The van der Waals surface area contributed by atoms with E-state index in [1.165, 1.54) is 12.1 Å². The van der Waals surface area contributed by atoms with Crippen molar-refractivity contribution in [2.45, 2.75) is 12.5 Å². The molecule has 9 heteroatoms. The van der Waals surface area contributed by atoms with Crippen LogP contribution in [0, 0.1) is 0 Å². The third-order valence-electron chi connectivity index (χ3n) is 5.33. The molecule has 2 heterocycles. The number of rotatable bonds is 6. The first kappa shape index (κ1) is 23.1. The SMILES string of the molecule is COc1cc2c(cc1OC)C(c1cccs1)N(C(=O)COc1cc(Cl)c(Cl)cc1Cl)CC2. The number of methoxy groups -OCH3 is 2. The average Bonchev–Trinajstić information content (AvgIpc) is 3.33. The zero-order valence-electron chi connectivity index (χ0n) is 17.4. The molecule has 0 spiro atoms. The highest BCUT2D eigenvalue weighted by atomic mass is 35.5. The van der Waals surface area contributed by atoms with Gasteiger partial charge in [0.15, 0.2) is 18.1 Å². The van der Waals surface area contributed by atoms with E-state index in [1.54, 1.807) is 25.6 Å². The van der Waals surface area contributed by atoms with Gasteiger partial charge >= 0.3 is 0 Å². The van der Waals surface area contributed by atoms with Gasteiger partial charge in [0.2, 0.25) is 0 Å². The van der Waals surface area contributed by atoms with Gasteiger partial charge in [0, 0.05) is 17.5 Å². The molecule has 1 amide bonds. The summed E-state index contributed by atoms with van der Waals surface area (Å²) >= 11 is 19.8. The van der Waals surface area contributed by atoms with Gasteiger partial charge in [-0.2, -0.15) is 0 Å². The summed E-state index contributed by atoms with van der Waals surface area (Å²) in [4.78, 5) is 16.2. The molecular formula is C23H20Cl3NO4S. The highest BCUT2D eigenvalue weighted by Crippen LogP contribution is 2.42. The van der Waals surface area contributed by atoms with E-state index >= 15 is 0 Å². The second kappa shape index (κ2) is 9.79. The minimum atomic E-state index is -0.251. The number of halogens is 3. The summed E-state index contributed by atoms with van der Waals surface area (Å²) in [7, 11) is 3.22. The molecule has 1 aromatic heterocycles. The molecule has 1 aliphatic rings. The number of ether oxygens (including phenoxy) is 3. The number of thiophene rings is 1. The molecule has 0 aliphatic carbocycles. The number of amides is 1. The highest BCUT2D eigenvalue weighted by molar-refractivity contribution is 7.10. The van der Waals surface area contributed by atoms with Gasteiger partial charge < -0.3 is 19.1 Å². The fourth-order valence-corrected chi connectivity index (χ4v) is 5.25. The molecule has 0 radical (unpaired) electrons. The molecule has 0 saturated carbocycles. The Labute approximate surface area is 205 Å². The molecule has 1 atom stereocenters. The van der Waals surface area contributed by atoms with Crippen molar-refractivity contribution < 1.29 is 19.0 Å². The monoisotopic (exact) mass is 511 g/mol. The predicted octanol–water partition coefficient (Wildman–Crippen LogP) is 6.28. The van der Waals surface area contributed by atoms with E-state index in [0.29, 0.717) is 45.3 Å². The Kier molecular flexibility index (Phi) is 7.05. The Morgan fingerprint density at radius 3 is 2.44 bits per heavy atom. The molecule has 0 N–H and O–H groups in total. The van der Waals surface area contributed by atoms with Crippen LogP contribution in [-0.2, 0) is 11.2 Å².